The van der Waals surface area contributed by atoms with E-state index >= 15 is 0 Å². The van der Waals surface area contributed by atoms with E-state index in [1.807, 2.05) is 25.1 Å². The number of carbonyl (C=O) groups excluding carboxylic acids is 1. The molecule has 1 fully saturated rings. The zero-order chi connectivity index (χ0) is 14.9. The zero-order valence-electron chi connectivity index (χ0n) is 12.3. The maximum absolute atomic E-state index is 12.4. The number of rotatable bonds is 3. The minimum absolute atomic E-state index is 0.0685. The van der Waals surface area contributed by atoms with Crippen molar-refractivity contribution in [3.63, 3.8) is 0 Å². The van der Waals surface area contributed by atoms with Crippen molar-refractivity contribution in [3.05, 3.63) is 29.3 Å². The minimum Gasteiger partial charge on any atom is -0.349 e. The topological polar surface area (TPSA) is 68.0 Å². The van der Waals surface area contributed by atoms with Crippen LogP contribution >= 0.6 is 11.3 Å². The molecule has 1 aromatic heterocycles. The van der Waals surface area contributed by atoms with Gasteiger partial charge in [-0.05, 0) is 31.9 Å². The fraction of sp³-hybridized carbons (Fsp3) is 0.500. The molecule has 2 aromatic rings. The van der Waals surface area contributed by atoms with Crippen LogP contribution in [0, 0.1) is 5.92 Å². The van der Waals surface area contributed by atoms with E-state index in [0.717, 1.165) is 40.9 Å². The molecule has 21 heavy (non-hydrogen) atoms. The van der Waals surface area contributed by atoms with Gasteiger partial charge in [0.05, 0.1) is 22.7 Å². The van der Waals surface area contributed by atoms with E-state index in [4.69, 9.17) is 5.73 Å². The van der Waals surface area contributed by atoms with Crippen LogP contribution in [-0.4, -0.2) is 16.4 Å². The fourth-order valence-corrected chi connectivity index (χ4v) is 3.98. The van der Waals surface area contributed by atoms with Crippen molar-refractivity contribution in [2.24, 2.45) is 11.7 Å². The van der Waals surface area contributed by atoms with Gasteiger partial charge < -0.3 is 11.1 Å². The normalized spacial score (nSPS) is 25.9. The molecule has 1 aromatic carbocycles. The van der Waals surface area contributed by atoms with Crippen LogP contribution in [0.5, 0.6) is 0 Å². The van der Waals surface area contributed by atoms with Crippen molar-refractivity contribution < 1.29 is 4.79 Å². The molecule has 3 rings (SSSR count). The summed E-state index contributed by atoms with van der Waals surface area (Å²) in [4.78, 5) is 16.9. The Bertz CT molecular complexity index is 617. The molecule has 2 atom stereocenters. The summed E-state index contributed by atoms with van der Waals surface area (Å²) in [5.74, 6) is -0.0143. The predicted molar refractivity (Wildman–Crippen MR) is 86.0 cm³/mol. The van der Waals surface area contributed by atoms with Gasteiger partial charge in [0.2, 0.25) is 5.91 Å². The van der Waals surface area contributed by atoms with Crippen molar-refractivity contribution in [1.29, 1.82) is 0 Å². The van der Waals surface area contributed by atoms with E-state index in [-0.39, 0.29) is 17.4 Å². The number of amides is 1. The highest BCUT2D eigenvalue weighted by Gasteiger charge is 2.37. The molecule has 112 valence electrons. The van der Waals surface area contributed by atoms with Crippen LogP contribution in [0.4, 0.5) is 0 Å². The van der Waals surface area contributed by atoms with Gasteiger partial charge in [-0.3, -0.25) is 4.79 Å². The zero-order valence-corrected chi connectivity index (χ0v) is 13.1. The first-order valence-electron chi connectivity index (χ1n) is 7.47. The highest BCUT2D eigenvalue weighted by molar-refractivity contribution is 7.18. The molecule has 2 unspecified atom stereocenters. The van der Waals surface area contributed by atoms with Crippen molar-refractivity contribution in [2.45, 2.75) is 44.7 Å². The smallest absolute Gasteiger partial charge is 0.225 e. The van der Waals surface area contributed by atoms with E-state index in [0.29, 0.717) is 6.54 Å². The Hall–Kier alpha value is -1.46. The Kier molecular flexibility index (Phi) is 3.95. The second-order valence-corrected chi connectivity index (χ2v) is 7.21. The Balaban J connectivity index is 1.65. The van der Waals surface area contributed by atoms with Gasteiger partial charge in [-0.25, -0.2) is 4.98 Å². The van der Waals surface area contributed by atoms with Crippen LogP contribution in [-0.2, 0) is 11.3 Å². The van der Waals surface area contributed by atoms with Crippen LogP contribution in [0.1, 0.15) is 37.6 Å². The minimum atomic E-state index is -0.379. The number of para-hydroxylation sites is 1. The third-order valence-corrected chi connectivity index (χ3v) is 5.36. The monoisotopic (exact) mass is 303 g/mol. The van der Waals surface area contributed by atoms with Gasteiger partial charge in [-0.2, -0.15) is 0 Å². The van der Waals surface area contributed by atoms with Crippen LogP contribution in [0.3, 0.4) is 0 Å². The van der Waals surface area contributed by atoms with Crippen molar-refractivity contribution >= 4 is 27.5 Å². The largest absolute Gasteiger partial charge is 0.349 e. The van der Waals surface area contributed by atoms with E-state index in [2.05, 4.69) is 16.4 Å². The Labute approximate surface area is 128 Å². The molecule has 1 heterocycles. The van der Waals surface area contributed by atoms with Gasteiger partial charge in [0, 0.05) is 5.54 Å². The summed E-state index contributed by atoms with van der Waals surface area (Å²) < 4.78 is 1.16. The number of thiazole rings is 1. The van der Waals surface area contributed by atoms with Gasteiger partial charge in [0.1, 0.15) is 5.01 Å². The molecule has 0 spiro atoms. The van der Waals surface area contributed by atoms with Crippen molar-refractivity contribution in [3.8, 4) is 0 Å². The average molecular weight is 303 g/mol. The summed E-state index contributed by atoms with van der Waals surface area (Å²) in [6, 6.07) is 8.03. The number of benzene rings is 1. The first-order valence-corrected chi connectivity index (χ1v) is 8.29. The van der Waals surface area contributed by atoms with E-state index in [1.165, 1.54) is 0 Å². The Morgan fingerprint density at radius 3 is 3.05 bits per heavy atom. The van der Waals surface area contributed by atoms with Crippen LogP contribution in [0.2, 0.25) is 0 Å². The number of hydrogen-bond donors (Lipinski definition) is 2. The molecule has 0 radical (unpaired) electrons. The summed E-state index contributed by atoms with van der Waals surface area (Å²) in [5, 5.41) is 3.96. The number of carbonyl (C=O) groups is 1. The number of aromatic nitrogens is 1. The van der Waals surface area contributed by atoms with Crippen LogP contribution < -0.4 is 11.1 Å². The maximum atomic E-state index is 12.4. The van der Waals surface area contributed by atoms with Gasteiger partial charge in [-0.15, -0.1) is 11.3 Å². The molecule has 1 aliphatic carbocycles. The first kappa shape index (κ1) is 14.5. The highest BCUT2D eigenvalue weighted by atomic mass is 32.1. The average Bonchev–Trinajstić information content (AvgIpc) is 2.87. The molecule has 5 heteroatoms. The van der Waals surface area contributed by atoms with Crippen molar-refractivity contribution in [1.82, 2.24) is 10.3 Å². The number of hydrogen-bond acceptors (Lipinski definition) is 4. The second-order valence-electron chi connectivity index (χ2n) is 6.10. The van der Waals surface area contributed by atoms with Crippen molar-refractivity contribution in [2.75, 3.05) is 0 Å². The fourth-order valence-electron chi connectivity index (χ4n) is 3.07. The maximum Gasteiger partial charge on any atom is 0.225 e. The van der Waals surface area contributed by atoms with E-state index in [9.17, 15) is 4.79 Å². The van der Waals surface area contributed by atoms with Crippen LogP contribution in [0.25, 0.3) is 10.2 Å². The lowest BCUT2D eigenvalue weighted by Crippen LogP contribution is -2.52. The van der Waals surface area contributed by atoms with Gasteiger partial charge in [-0.1, -0.05) is 25.0 Å². The summed E-state index contributed by atoms with van der Waals surface area (Å²) in [7, 11) is 0. The molecular formula is C16H21N3OS. The summed E-state index contributed by atoms with van der Waals surface area (Å²) in [5.41, 5.74) is 6.89. The SMILES string of the molecule is CC1(N)CCCCC1C(=O)NCc1nc2ccccc2s1. The van der Waals surface area contributed by atoms with E-state index < -0.39 is 0 Å². The third kappa shape index (κ3) is 3.09. The van der Waals surface area contributed by atoms with E-state index in [1.54, 1.807) is 11.3 Å². The number of fused-ring (bicyclic) bond motifs is 1. The Morgan fingerprint density at radius 1 is 1.48 bits per heavy atom. The second kappa shape index (κ2) is 5.73. The molecule has 3 N–H and O–H groups in total. The Morgan fingerprint density at radius 2 is 2.29 bits per heavy atom. The lowest BCUT2D eigenvalue weighted by Gasteiger charge is -2.37. The third-order valence-electron chi connectivity index (χ3n) is 4.32. The molecule has 0 aliphatic heterocycles. The molecule has 0 saturated heterocycles. The lowest BCUT2D eigenvalue weighted by molar-refractivity contribution is -0.128. The van der Waals surface area contributed by atoms with Gasteiger partial charge >= 0.3 is 0 Å². The number of nitrogens with zero attached hydrogens (tertiary/aromatic N) is 1. The first-order chi connectivity index (χ1) is 10.1. The standard InChI is InChI=1S/C16H21N3OS/c1-16(17)9-5-4-6-11(16)15(20)18-10-14-19-12-7-2-3-8-13(12)21-14/h2-3,7-8,11H,4-6,9-10,17H2,1H3,(H,18,20). The predicted octanol–water partition coefficient (Wildman–Crippen LogP) is 2.82. The molecule has 1 amide bonds. The summed E-state index contributed by atoms with van der Waals surface area (Å²) in [6.07, 6.45) is 4.02. The molecule has 0 bridgehead atoms. The van der Waals surface area contributed by atoms with Crippen LogP contribution in [0.15, 0.2) is 24.3 Å². The lowest BCUT2D eigenvalue weighted by atomic mass is 9.74. The number of nitrogens with two attached hydrogens (primary N) is 1. The molecular weight excluding hydrogens is 282 g/mol. The van der Waals surface area contributed by atoms with Gasteiger partial charge in [0.15, 0.2) is 0 Å². The molecule has 1 aliphatic rings. The highest BCUT2D eigenvalue weighted by Crippen LogP contribution is 2.31. The summed E-state index contributed by atoms with van der Waals surface area (Å²) >= 11 is 1.63. The molecule has 1 saturated carbocycles. The quantitative estimate of drug-likeness (QED) is 0.916. The molecule has 4 nitrogen and oxygen atoms in total. The van der Waals surface area contributed by atoms with Gasteiger partial charge in [0.25, 0.3) is 0 Å². The number of nitrogens with one attached hydrogen (secondary N) is 1. The summed E-state index contributed by atoms with van der Waals surface area (Å²) in [6.45, 7) is 2.48.